The average molecular weight is 292 g/mol. The van der Waals surface area contributed by atoms with E-state index in [-0.39, 0.29) is 30.1 Å². The Morgan fingerprint density at radius 1 is 1.29 bits per heavy atom. The molecule has 1 heterocycles. The number of nitrogens with zero attached hydrogens (tertiary/aromatic N) is 1. The third-order valence-electron chi connectivity index (χ3n) is 3.72. The van der Waals surface area contributed by atoms with Crippen molar-refractivity contribution in [3.63, 3.8) is 0 Å². The van der Waals surface area contributed by atoms with E-state index in [2.05, 4.69) is 5.32 Å². The van der Waals surface area contributed by atoms with Crippen molar-refractivity contribution in [1.29, 1.82) is 0 Å². The normalized spacial score (nSPS) is 18.0. The predicted octanol–water partition coefficient (Wildman–Crippen LogP) is 0.941. The number of likely N-dealkylation sites (tertiary alicyclic amines) is 1. The molecule has 2 aliphatic rings. The minimum absolute atomic E-state index is 0.0246. The van der Waals surface area contributed by atoms with Crippen LogP contribution in [0.25, 0.3) is 0 Å². The van der Waals surface area contributed by atoms with Crippen LogP contribution in [0.3, 0.4) is 0 Å². The summed E-state index contributed by atoms with van der Waals surface area (Å²) in [7, 11) is 0. The Balaban J connectivity index is 1.41. The third kappa shape index (κ3) is 3.32. The number of hydrogen-bond acceptors (Lipinski definition) is 3. The van der Waals surface area contributed by atoms with Gasteiger partial charge in [-0.15, -0.1) is 0 Å². The van der Waals surface area contributed by atoms with E-state index in [4.69, 9.17) is 4.74 Å². The molecule has 2 amide bonds. The van der Waals surface area contributed by atoms with Crippen LogP contribution < -0.4 is 10.1 Å². The van der Waals surface area contributed by atoms with Gasteiger partial charge in [-0.1, -0.05) is 12.1 Å². The van der Waals surface area contributed by atoms with Crippen molar-refractivity contribution < 1.29 is 18.7 Å². The van der Waals surface area contributed by atoms with Gasteiger partial charge in [0.25, 0.3) is 5.91 Å². The van der Waals surface area contributed by atoms with Crippen LogP contribution in [-0.4, -0.2) is 42.5 Å². The first kappa shape index (κ1) is 13.9. The lowest BCUT2D eigenvalue weighted by atomic mass is 9.99. The molecule has 0 unspecified atom stereocenters. The van der Waals surface area contributed by atoms with Crippen molar-refractivity contribution in [2.24, 2.45) is 5.92 Å². The summed E-state index contributed by atoms with van der Waals surface area (Å²) in [5, 5.41) is 2.92. The molecule has 1 saturated heterocycles. The van der Waals surface area contributed by atoms with Gasteiger partial charge in [0.2, 0.25) is 5.91 Å². The predicted molar refractivity (Wildman–Crippen MR) is 73.1 cm³/mol. The average Bonchev–Trinajstić information content (AvgIpc) is 3.20. The van der Waals surface area contributed by atoms with Gasteiger partial charge >= 0.3 is 0 Å². The molecule has 112 valence electrons. The second-order valence-corrected chi connectivity index (χ2v) is 5.50. The summed E-state index contributed by atoms with van der Waals surface area (Å²) in [4.78, 5) is 25.2. The van der Waals surface area contributed by atoms with Crippen LogP contribution in [-0.2, 0) is 9.59 Å². The highest BCUT2D eigenvalue weighted by Crippen LogP contribution is 2.22. The minimum atomic E-state index is -0.490. The van der Waals surface area contributed by atoms with Crippen LogP contribution in [0.15, 0.2) is 24.3 Å². The van der Waals surface area contributed by atoms with Crippen molar-refractivity contribution >= 4 is 11.8 Å². The lowest BCUT2D eigenvalue weighted by Gasteiger charge is -2.38. The number of para-hydroxylation sites is 1. The molecule has 0 spiro atoms. The third-order valence-corrected chi connectivity index (χ3v) is 3.72. The minimum Gasteiger partial charge on any atom is -0.481 e. The standard InChI is InChI=1S/C15H17FN2O3/c16-12-3-1-2-4-13(12)21-9-14(19)18-7-10(8-18)15(20)17-11-5-6-11/h1-4,10-11H,5-9H2,(H,17,20). The topological polar surface area (TPSA) is 58.6 Å². The van der Waals surface area contributed by atoms with E-state index in [1.807, 2.05) is 0 Å². The van der Waals surface area contributed by atoms with Gasteiger partial charge in [-0.2, -0.15) is 0 Å². The summed E-state index contributed by atoms with van der Waals surface area (Å²) in [6, 6.07) is 6.30. The smallest absolute Gasteiger partial charge is 0.260 e. The van der Waals surface area contributed by atoms with Crippen LogP contribution in [0.4, 0.5) is 4.39 Å². The van der Waals surface area contributed by atoms with Crippen molar-refractivity contribution in [2.45, 2.75) is 18.9 Å². The molecular formula is C15H17FN2O3. The maximum Gasteiger partial charge on any atom is 0.260 e. The first-order valence-electron chi connectivity index (χ1n) is 7.09. The van der Waals surface area contributed by atoms with Crippen LogP contribution in [0.5, 0.6) is 5.75 Å². The first-order valence-corrected chi connectivity index (χ1v) is 7.09. The van der Waals surface area contributed by atoms with Gasteiger partial charge in [-0.25, -0.2) is 4.39 Å². The van der Waals surface area contributed by atoms with Gasteiger partial charge in [0, 0.05) is 19.1 Å². The SMILES string of the molecule is O=C(NC1CC1)C1CN(C(=O)COc2ccccc2F)C1. The lowest BCUT2D eigenvalue weighted by molar-refractivity contribution is -0.144. The van der Waals surface area contributed by atoms with E-state index in [0.717, 1.165) is 12.8 Å². The molecule has 21 heavy (non-hydrogen) atoms. The summed E-state index contributed by atoms with van der Waals surface area (Å²) in [5.41, 5.74) is 0. The fourth-order valence-electron chi connectivity index (χ4n) is 2.19. The van der Waals surface area contributed by atoms with Crippen LogP contribution in [0.1, 0.15) is 12.8 Å². The number of amides is 2. The molecule has 0 bridgehead atoms. The van der Waals surface area contributed by atoms with Gasteiger partial charge in [-0.05, 0) is 25.0 Å². The zero-order chi connectivity index (χ0) is 14.8. The Kier molecular flexibility index (Phi) is 3.77. The van der Waals surface area contributed by atoms with E-state index in [1.165, 1.54) is 12.1 Å². The second-order valence-electron chi connectivity index (χ2n) is 5.50. The number of ether oxygens (including phenoxy) is 1. The summed E-state index contributed by atoms with van der Waals surface area (Å²) in [5.74, 6) is -0.752. The van der Waals surface area contributed by atoms with Gasteiger partial charge in [0.1, 0.15) is 0 Å². The molecule has 1 saturated carbocycles. The summed E-state index contributed by atoms with van der Waals surface area (Å²) in [6.45, 7) is 0.619. The summed E-state index contributed by atoms with van der Waals surface area (Å²) >= 11 is 0. The highest BCUT2D eigenvalue weighted by Gasteiger charge is 2.37. The molecule has 1 aliphatic carbocycles. The Morgan fingerprint density at radius 2 is 2.00 bits per heavy atom. The molecule has 6 heteroatoms. The Hall–Kier alpha value is -2.11. The number of rotatable bonds is 5. The number of carbonyl (C=O) groups is 2. The molecule has 1 aromatic carbocycles. The highest BCUT2D eigenvalue weighted by atomic mass is 19.1. The monoisotopic (exact) mass is 292 g/mol. The molecule has 5 nitrogen and oxygen atoms in total. The quantitative estimate of drug-likeness (QED) is 0.879. The number of benzene rings is 1. The zero-order valence-electron chi connectivity index (χ0n) is 11.5. The fourth-order valence-corrected chi connectivity index (χ4v) is 2.19. The Bertz CT molecular complexity index is 554. The number of nitrogens with one attached hydrogen (secondary N) is 1. The lowest BCUT2D eigenvalue weighted by Crippen LogP contribution is -2.57. The highest BCUT2D eigenvalue weighted by molar-refractivity contribution is 5.85. The Labute approximate surface area is 122 Å². The summed E-state index contributed by atoms with van der Waals surface area (Å²) < 4.78 is 18.5. The van der Waals surface area contributed by atoms with Gasteiger partial charge in [0.05, 0.1) is 5.92 Å². The number of halogens is 1. The maximum absolute atomic E-state index is 13.3. The van der Waals surface area contributed by atoms with Crippen molar-refractivity contribution in [3.8, 4) is 5.75 Å². The first-order chi connectivity index (χ1) is 10.1. The molecule has 2 fully saturated rings. The van der Waals surface area contributed by atoms with E-state index in [0.29, 0.717) is 19.1 Å². The second kappa shape index (κ2) is 5.71. The number of carbonyl (C=O) groups excluding carboxylic acids is 2. The van der Waals surface area contributed by atoms with E-state index >= 15 is 0 Å². The molecule has 0 atom stereocenters. The van der Waals surface area contributed by atoms with Crippen molar-refractivity contribution in [3.05, 3.63) is 30.1 Å². The van der Waals surface area contributed by atoms with Crippen LogP contribution in [0.2, 0.25) is 0 Å². The molecule has 0 radical (unpaired) electrons. The van der Waals surface area contributed by atoms with E-state index in [9.17, 15) is 14.0 Å². The fraction of sp³-hybridized carbons (Fsp3) is 0.467. The molecular weight excluding hydrogens is 275 g/mol. The van der Waals surface area contributed by atoms with Crippen LogP contribution >= 0.6 is 0 Å². The van der Waals surface area contributed by atoms with Crippen molar-refractivity contribution in [2.75, 3.05) is 19.7 Å². The molecule has 0 aromatic heterocycles. The van der Waals surface area contributed by atoms with E-state index < -0.39 is 5.82 Å². The van der Waals surface area contributed by atoms with Crippen LogP contribution in [0, 0.1) is 11.7 Å². The largest absolute Gasteiger partial charge is 0.481 e. The molecule has 1 N–H and O–H groups in total. The van der Waals surface area contributed by atoms with E-state index in [1.54, 1.807) is 17.0 Å². The summed E-state index contributed by atoms with van der Waals surface area (Å²) in [6.07, 6.45) is 2.11. The maximum atomic E-state index is 13.3. The Morgan fingerprint density at radius 3 is 2.67 bits per heavy atom. The zero-order valence-corrected chi connectivity index (χ0v) is 11.5. The van der Waals surface area contributed by atoms with Crippen molar-refractivity contribution in [1.82, 2.24) is 10.2 Å². The van der Waals surface area contributed by atoms with Gasteiger partial charge in [0.15, 0.2) is 18.2 Å². The molecule has 3 rings (SSSR count). The van der Waals surface area contributed by atoms with Gasteiger partial charge in [-0.3, -0.25) is 9.59 Å². The molecule has 1 aromatic rings. The molecule has 1 aliphatic heterocycles. The van der Waals surface area contributed by atoms with Gasteiger partial charge < -0.3 is 15.0 Å². The number of hydrogen-bond donors (Lipinski definition) is 1.